The third-order valence-corrected chi connectivity index (χ3v) is 7.60. The zero-order valence-electron chi connectivity index (χ0n) is 22.9. The molecule has 0 radical (unpaired) electrons. The summed E-state index contributed by atoms with van der Waals surface area (Å²) < 4.78 is 39.3. The lowest BCUT2D eigenvalue weighted by molar-refractivity contribution is 0.0469. The van der Waals surface area contributed by atoms with Crippen LogP contribution in [0.3, 0.4) is 0 Å². The van der Waals surface area contributed by atoms with Gasteiger partial charge in [0.05, 0.1) is 12.2 Å². The maximum atomic E-state index is 14.5. The molecule has 1 aliphatic rings. The van der Waals surface area contributed by atoms with Crippen molar-refractivity contribution >= 4 is 11.8 Å². The van der Waals surface area contributed by atoms with Crippen LogP contribution in [0.1, 0.15) is 123 Å². The molecule has 0 bridgehead atoms. The Bertz CT molecular complexity index is 1030. The molecule has 2 aromatic rings. The van der Waals surface area contributed by atoms with Crippen LogP contribution in [-0.2, 0) is 4.74 Å². The van der Waals surface area contributed by atoms with Crippen molar-refractivity contribution in [1.29, 1.82) is 0 Å². The number of unbranched alkanes of at least 4 members (excludes halogenated alkanes) is 5. The lowest BCUT2D eigenvalue weighted by atomic mass is 9.77. The third-order valence-electron chi connectivity index (χ3n) is 7.60. The first-order chi connectivity index (χ1) is 18.4. The lowest BCUT2D eigenvalue weighted by Crippen LogP contribution is -2.16. The van der Waals surface area contributed by atoms with E-state index >= 15 is 0 Å². The summed E-state index contributed by atoms with van der Waals surface area (Å²) in [5.41, 5.74) is 1.09. The zero-order valence-corrected chi connectivity index (χ0v) is 22.9. The predicted molar refractivity (Wildman–Crippen MR) is 146 cm³/mol. The minimum Gasteiger partial charge on any atom is -0.490 e. The highest BCUT2D eigenvalue weighted by atomic mass is 19.2. The molecule has 1 saturated carbocycles. The Morgan fingerprint density at radius 3 is 2.18 bits per heavy atom. The van der Waals surface area contributed by atoms with Gasteiger partial charge in [-0.3, -0.25) is 4.79 Å². The molecule has 0 aliphatic heterocycles. The smallest absolute Gasteiger partial charge is 0.341 e. The second-order valence-corrected chi connectivity index (χ2v) is 10.5. The van der Waals surface area contributed by atoms with Crippen LogP contribution >= 0.6 is 0 Å². The Labute approximate surface area is 226 Å². The molecule has 2 aromatic carbocycles. The average molecular weight is 529 g/mol. The molecular formula is C32H42F2O4. The molecule has 0 atom stereocenters. The molecule has 3 rings (SSSR count). The van der Waals surface area contributed by atoms with Gasteiger partial charge in [-0.2, -0.15) is 4.39 Å². The number of ether oxygens (including phenoxy) is 2. The fraction of sp³-hybridized carbons (Fsp3) is 0.562. The molecule has 0 saturated heterocycles. The summed E-state index contributed by atoms with van der Waals surface area (Å²) in [7, 11) is 0. The Kier molecular flexibility index (Phi) is 12.2. The molecule has 208 valence electrons. The van der Waals surface area contributed by atoms with Gasteiger partial charge in [-0.15, -0.1) is 0 Å². The predicted octanol–water partition coefficient (Wildman–Crippen LogP) is 8.82. The number of halogens is 2. The number of hydrogen-bond donors (Lipinski definition) is 0. The number of benzene rings is 2. The van der Waals surface area contributed by atoms with Gasteiger partial charge in [-0.25, -0.2) is 9.18 Å². The summed E-state index contributed by atoms with van der Waals surface area (Å²) >= 11 is 0. The highest BCUT2D eigenvalue weighted by Crippen LogP contribution is 2.37. The Hall–Kier alpha value is -2.76. The van der Waals surface area contributed by atoms with E-state index in [1.807, 2.05) is 12.1 Å². The fourth-order valence-corrected chi connectivity index (χ4v) is 5.29. The quantitative estimate of drug-likeness (QED) is 0.132. The molecule has 6 heteroatoms. The maximum Gasteiger partial charge on any atom is 0.341 e. The van der Waals surface area contributed by atoms with Crippen LogP contribution in [0.5, 0.6) is 5.75 Å². The molecule has 0 amide bonds. The monoisotopic (exact) mass is 528 g/mol. The van der Waals surface area contributed by atoms with E-state index in [1.165, 1.54) is 56.6 Å². The maximum absolute atomic E-state index is 14.5. The Balaban J connectivity index is 1.46. The average Bonchev–Trinajstić information content (AvgIpc) is 2.94. The van der Waals surface area contributed by atoms with Crippen LogP contribution < -0.4 is 4.74 Å². The number of Topliss-reactive ketones (excluding diaryl/α,β-unsaturated/α-hetero) is 1. The van der Waals surface area contributed by atoms with Crippen LogP contribution in [-0.4, -0.2) is 25.0 Å². The summed E-state index contributed by atoms with van der Waals surface area (Å²) in [6.07, 6.45) is 13.7. The molecule has 0 unspecified atom stereocenters. The second kappa shape index (κ2) is 15.6. The third kappa shape index (κ3) is 8.64. The lowest BCUT2D eigenvalue weighted by Gasteiger charge is -2.28. The highest BCUT2D eigenvalue weighted by Gasteiger charge is 2.23. The van der Waals surface area contributed by atoms with Gasteiger partial charge >= 0.3 is 5.97 Å². The first kappa shape index (κ1) is 29.8. The Morgan fingerprint density at radius 2 is 1.50 bits per heavy atom. The van der Waals surface area contributed by atoms with E-state index < -0.39 is 35.6 Å². The molecule has 0 N–H and O–H groups in total. The van der Waals surface area contributed by atoms with Gasteiger partial charge in [0.15, 0.2) is 24.0 Å². The first-order valence-corrected chi connectivity index (χ1v) is 14.4. The minimum atomic E-state index is -1.33. The minimum absolute atomic E-state index is 0.234. The van der Waals surface area contributed by atoms with E-state index in [1.54, 1.807) is 12.1 Å². The number of carbonyl (C=O) groups is 2. The van der Waals surface area contributed by atoms with Crippen molar-refractivity contribution in [3.63, 3.8) is 0 Å². The summed E-state index contributed by atoms with van der Waals surface area (Å²) in [5.74, 6) is -2.92. The van der Waals surface area contributed by atoms with Gasteiger partial charge in [0.2, 0.25) is 5.82 Å². The normalized spacial score (nSPS) is 17.3. The van der Waals surface area contributed by atoms with Crippen LogP contribution in [0.4, 0.5) is 8.78 Å². The summed E-state index contributed by atoms with van der Waals surface area (Å²) in [6, 6.07) is 9.80. The van der Waals surface area contributed by atoms with Gasteiger partial charge in [-0.05, 0) is 61.6 Å². The molecule has 4 nitrogen and oxygen atoms in total. The number of esters is 1. The van der Waals surface area contributed by atoms with Gasteiger partial charge in [0.1, 0.15) is 0 Å². The van der Waals surface area contributed by atoms with Crippen molar-refractivity contribution in [2.24, 2.45) is 5.92 Å². The highest BCUT2D eigenvalue weighted by molar-refractivity contribution is 5.99. The topological polar surface area (TPSA) is 52.6 Å². The van der Waals surface area contributed by atoms with Gasteiger partial charge in [0.25, 0.3) is 0 Å². The van der Waals surface area contributed by atoms with Crippen molar-refractivity contribution in [3.05, 3.63) is 64.7 Å². The van der Waals surface area contributed by atoms with E-state index in [-0.39, 0.29) is 12.4 Å². The Morgan fingerprint density at radius 1 is 0.816 bits per heavy atom. The van der Waals surface area contributed by atoms with Crippen molar-refractivity contribution < 1.29 is 27.8 Å². The van der Waals surface area contributed by atoms with Crippen molar-refractivity contribution in [2.45, 2.75) is 96.8 Å². The second-order valence-electron chi connectivity index (χ2n) is 10.5. The van der Waals surface area contributed by atoms with E-state index in [4.69, 9.17) is 9.47 Å². The van der Waals surface area contributed by atoms with Crippen molar-refractivity contribution in [3.8, 4) is 5.75 Å². The first-order valence-electron chi connectivity index (χ1n) is 14.4. The molecule has 0 aromatic heterocycles. The SMILES string of the molecule is CCCCCCCCOc1ccc(C(=O)OCC(=O)c2ccc(C3CCC(CCC)CC3)cc2)c(F)c1F. The number of rotatable bonds is 15. The number of ketones is 1. The van der Waals surface area contributed by atoms with Gasteiger partial charge in [-0.1, -0.05) is 83.1 Å². The van der Waals surface area contributed by atoms with Crippen LogP contribution in [0, 0.1) is 17.6 Å². The van der Waals surface area contributed by atoms with Crippen LogP contribution in [0.15, 0.2) is 36.4 Å². The zero-order chi connectivity index (χ0) is 27.3. The standard InChI is InChI=1S/C32H42F2O4/c1-3-5-6-7-8-9-21-37-29-20-19-27(30(33)31(29)34)32(36)38-22-28(35)26-17-15-25(16-18-26)24-13-11-23(10-4-2)12-14-24/h15-20,23-24H,3-14,21-22H2,1-2H3. The van der Waals surface area contributed by atoms with E-state index in [9.17, 15) is 18.4 Å². The van der Waals surface area contributed by atoms with Gasteiger partial charge in [0, 0.05) is 5.56 Å². The van der Waals surface area contributed by atoms with Crippen molar-refractivity contribution in [2.75, 3.05) is 13.2 Å². The number of carbonyl (C=O) groups excluding carboxylic acids is 2. The molecule has 0 heterocycles. The van der Waals surface area contributed by atoms with Crippen LogP contribution in [0.25, 0.3) is 0 Å². The summed E-state index contributed by atoms with van der Waals surface area (Å²) in [4.78, 5) is 24.9. The van der Waals surface area contributed by atoms with Crippen LogP contribution in [0.2, 0.25) is 0 Å². The molecule has 1 aliphatic carbocycles. The largest absolute Gasteiger partial charge is 0.490 e. The summed E-state index contributed by atoms with van der Waals surface area (Å²) in [6.45, 7) is 4.11. The molecular weight excluding hydrogens is 486 g/mol. The number of hydrogen-bond acceptors (Lipinski definition) is 4. The summed E-state index contributed by atoms with van der Waals surface area (Å²) in [5, 5.41) is 0. The molecule has 0 spiro atoms. The van der Waals surface area contributed by atoms with E-state index in [0.29, 0.717) is 11.5 Å². The van der Waals surface area contributed by atoms with Gasteiger partial charge < -0.3 is 9.47 Å². The fourth-order valence-electron chi connectivity index (χ4n) is 5.29. The van der Waals surface area contributed by atoms with E-state index in [0.717, 1.165) is 44.1 Å². The molecule has 38 heavy (non-hydrogen) atoms. The van der Waals surface area contributed by atoms with Crippen molar-refractivity contribution in [1.82, 2.24) is 0 Å². The molecule has 1 fully saturated rings. The van der Waals surface area contributed by atoms with E-state index in [2.05, 4.69) is 13.8 Å².